The molecule has 0 saturated heterocycles. The molecule has 0 atom stereocenters. The number of aromatic nitrogens is 2. The van der Waals surface area contributed by atoms with E-state index in [9.17, 15) is 0 Å². The van der Waals surface area contributed by atoms with E-state index in [0.29, 0.717) is 5.95 Å². The smallest absolute Gasteiger partial charge is 0.225 e. The van der Waals surface area contributed by atoms with Crippen LogP contribution in [0.3, 0.4) is 0 Å². The topological polar surface area (TPSA) is 59.1 Å². The Hall–Kier alpha value is -2.14. The van der Waals surface area contributed by atoms with Gasteiger partial charge in [0.2, 0.25) is 5.95 Å². The minimum absolute atomic E-state index is 0.0946. The van der Waals surface area contributed by atoms with E-state index < -0.39 is 0 Å². The zero-order valence-electron chi connectivity index (χ0n) is 14.4. The zero-order valence-corrected chi connectivity index (χ0v) is 14.4. The van der Waals surface area contributed by atoms with Gasteiger partial charge in [-0.15, -0.1) is 0 Å². The number of nitrogens with zero attached hydrogens (tertiary/aromatic N) is 2. The first kappa shape index (κ1) is 17.2. The zero-order chi connectivity index (χ0) is 16.7. The first-order valence-corrected chi connectivity index (χ1v) is 7.93. The lowest BCUT2D eigenvalue weighted by Gasteiger charge is -2.21. The van der Waals surface area contributed by atoms with Crippen LogP contribution in [0, 0.1) is 0 Å². The third-order valence-electron chi connectivity index (χ3n) is 3.11. The van der Waals surface area contributed by atoms with Crippen molar-refractivity contribution in [3.8, 4) is 11.3 Å². The number of hydrogen-bond donors (Lipinski definition) is 2. The van der Waals surface area contributed by atoms with Crippen LogP contribution in [0.2, 0.25) is 0 Å². The molecule has 0 saturated carbocycles. The van der Waals surface area contributed by atoms with E-state index in [1.54, 1.807) is 7.11 Å². The fourth-order valence-corrected chi connectivity index (χ4v) is 2.12. The molecule has 0 unspecified atom stereocenters. The van der Waals surface area contributed by atoms with Crippen LogP contribution in [0.15, 0.2) is 36.4 Å². The van der Waals surface area contributed by atoms with Crippen LogP contribution >= 0.6 is 0 Å². The molecule has 2 aromatic rings. The second kappa shape index (κ2) is 7.92. The van der Waals surface area contributed by atoms with Crippen molar-refractivity contribution in [2.75, 3.05) is 30.9 Å². The summed E-state index contributed by atoms with van der Waals surface area (Å²) >= 11 is 0. The molecule has 0 aliphatic carbocycles. The number of nitrogens with one attached hydrogen (secondary N) is 2. The summed E-state index contributed by atoms with van der Waals surface area (Å²) in [6.07, 6.45) is 0.934. The molecule has 0 fully saturated rings. The van der Waals surface area contributed by atoms with Crippen molar-refractivity contribution in [1.29, 1.82) is 0 Å². The molecule has 5 heteroatoms. The maximum Gasteiger partial charge on any atom is 0.225 e. The van der Waals surface area contributed by atoms with E-state index in [0.717, 1.165) is 36.6 Å². The highest BCUT2D eigenvalue weighted by Gasteiger charge is 2.13. The fourth-order valence-electron chi connectivity index (χ4n) is 2.12. The van der Waals surface area contributed by atoms with Crippen molar-refractivity contribution in [3.05, 3.63) is 36.4 Å². The van der Waals surface area contributed by atoms with E-state index >= 15 is 0 Å². The van der Waals surface area contributed by atoms with Gasteiger partial charge in [-0.2, -0.15) is 4.98 Å². The lowest BCUT2D eigenvalue weighted by molar-refractivity contribution is 0.198. The maximum atomic E-state index is 5.08. The Kier molecular flexibility index (Phi) is 5.93. The third kappa shape index (κ3) is 5.87. The van der Waals surface area contributed by atoms with Crippen LogP contribution in [0.1, 0.15) is 27.2 Å². The molecule has 0 spiro atoms. The maximum absolute atomic E-state index is 5.08. The minimum atomic E-state index is -0.0946. The molecule has 2 N–H and O–H groups in total. The van der Waals surface area contributed by atoms with Crippen LogP contribution in [-0.4, -0.2) is 35.8 Å². The van der Waals surface area contributed by atoms with E-state index in [-0.39, 0.29) is 5.54 Å². The molecule has 23 heavy (non-hydrogen) atoms. The van der Waals surface area contributed by atoms with Crippen molar-refractivity contribution in [2.45, 2.75) is 32.7 Å². The number of ether oxygens (including phenoxy) is 1. The molecule has 1 heterocycles. The van der Waals surface area contributed by atoms with Gasteiger partial charge >= 0.3 is 0 Å². The van der Waals surface area contributed by atoms with Crippen LogP contribution in [0.25, 0.3) is 11.3 Å². The lowest BCUT2D eigenvalue weighted by atomic mass is 10.1. The van der Waals surface area contributed by atoms with E-state index in [1.807, 2.05) is 24.3 Å². The Labute approximate surface area is 138 Å². The summed E-state index contributed by atoms with van der Waals surface area (Å²) in [6.45, 7) is 7.83. The quantitative estimate of drug-likeness (QED) is 0.761. The van der Waals surface area contributed by atoms with E-state index in [1.165, 1.54) is 0 Å². The first-order valence-electron chi connectivity index (χ1n) is 7.93. The molecule has 1 aromatic heterocycles. The van der Waals surface area contributed by atoms with Gasteiger partial charge in [0.25, 0.3) is 0 Å². The van der Waals surface area contributed by atoms with E-state index in [4.69, 9.17) is 4.74 Å². The van der Waals surface area contributed by atoms with Crippen LogP contribution in [0.4, 0.5) is 11.8 Å². The Morgan fingerprint density at radius 3 is 2.48 bits per heavy atom. The average Bonchev–Trinajstić information content (AvgIpc) is 2.51. The van der Waals surface area contributed by atoms with Gasteiger partial charge in [0.05, 0.1) is 5.69 Å². The van der Waals surface area contributed by atoms with Gasteiger partial charge in [-0.3, -0.25) is 0 Å². The monoisotopic (exact) mass is 314 g/mol. The summed E-state index contributed by atoms with van der Waals surface area (Å²) < 4.78 is 5.08. The molecule has 2 rings (SSSR count). The summed E-state index contributed by atoms with van der Waals surface area (Å²) in [5.74, 6) is 1.45. The van der Waals surface area contributed by atoms with Gasteiger partial charge in [-0.25, -0.2) is 4.98 Å². The highest BCUT2D eigenvalue weighted by atomic mass is 16.5. The third-order valence-corrected chi connectivity index (χ3v) is 3.11. The number of benzene rings is 1. The predicted molar refractivity (Wildman–Crippen MR) is 95.8 cm³/mol. The molecule has 0 amide bonds. The molecule has 5 nitrogen and oxygen atoms in total. The summed E-state index contributed by atoms with van der Waals surface area (Å²) in [4.78, 5) is 9.21. The second-order valence-corrected chi connectivity index (χ2v) is 6.48. The van der Waals surface area contributed by atoms with Gasteiger partial charge in [-0.05, 0) is 27.2 Å². The van der Waals surface area contributed by atoms with Crippen molar-refractivity contribution in [1.82, 2.24) is 9.97 Å². The summed E-state index contributed by atoms with van der Waals surface area (Å²) in [5.41, 5.74) is 1.89. The first-order chi connectivity index (χ1) is 11.0. The molecule has 0 aliphatic rings. The molecule has 0 aliphatic heterocycles. The van der Waals surface area contributed by atoms with Crippen molar-refractivity contribution < 1.29 is 4.74 Å². The molecule has 0 radical (unpaired) electrons. The van der Waals surface area contributed by atoms with Crippen molar-refractivity contribution >= 4 is 11.8 Å². The fraction of sp³-hybridized carbons (Fsp3) is 0.444. The van der Waals surface area contributed by atoms with Crippen LogP contribution in [-0.2, 0) is 4.74 Å². The molecule has 1 aromatic carbocycles. The molecule has 124 valence electrons. The Bertz CT molecular complexity index is 608. The standard InChI is InChI=1S/C18H26N4O/c1-18(2,3)22-17-20-15(14-9-6-5-7-10-14)13-16(21-17)19-11-8-12-23-4/h5-7,9-10,13H,8,11-12H2,1-4H3,(H2,19,20,21,22). The largest absolute Gasteiger partial charge is 0.385 e. The summed E-state index contributed by atoms with van der Waals surface area (Å²) in [7, 11) is 1.71. The number of methoxy groups -OCH3 is 1. The minimum Gasteiger partial charge on any atom is -0.385 e. The number of hydrogen-bond acceptors (Lipinski definition) is 5. The van der Waals surface area contributed by atoms with Gasteiger partial charge < -0.3 is 15.4 Å². The van der Waals surface area contributed by atoms with Gasteiger partial charge in [0.15, 0.2) is 0 Å². The van der Waals surface area contributed by atoms with Crippen LogP contribution in [0.5, 0.6) is 0 Å². The lowest BCUT2D eigenvalue weighted by Crippen LogP contribution is -2.27. The number of rotatable bonds is 7. The Morgan fingerprint density at radius 2 is 1.83 bits per heavy atom. The van der Waals surface area contributed by atoms with Gasteiger partial charge in [-0.1, -0.05) is 30.3 Å². The van der Waals surface area contributed by atoms with Crippen LogP contribution < -0.4 is 10.6 Å². The Balaban J connectivity index is 2.24. The van der Waals surface area contributed by atoms with Gasteiger partial charge in [0, 0.05) is 37.4 Å². The second-order valence-electron chi connectivity index (χ2n) is 6.48. The normalized spacial score (nSPS) is 11.3. The highest BCUT2D eigenvalue weighted by molar-refractivity contribution is 5.64. The Morgan fingerprint density at radius 1 is 1.09 bits per heavy atom. The summed E-state index contributed by atoms with van der Waals surface area (Å²) in [5, 5.41) is 6.69. The predicted octanol–water partition coefficient (Wildman–Crippen LogP) is 3.80. The van der Waals surface area contributed by atoms with Crippen molar-refractivity contribution in [3.63, 3.8) is 0 Å². The van der Waals surface area contributed by atoms with E-state index in [2.05, 4.69) is 53.5 Å². The average molecular weight is 314 g/mol. The van der Waals surface area contributed by atoms with Gasteiger partial charge in [0.1, 0.15) is 5.82 Å². The molecule has 0 bridgehead atoms. The molecular formula is C18H26N4O. The number of anilines is 2. The SMILES string of the molecule is COCCCNc1cc(-c2ccccc2)nc(NC(C)(C)C)n1. The molecular weight excluding hydrogens is 288 g/mol. The highest BCUT2D eigenvalue weighted by Crippen LogP contribution is 2.22. The van der Waals surface area contributed by atoms with Crippen molar-refractivity contribution in [2.24, 2.45) is 0 Å². The summed E-state index contributed by atoms with van der Waals surface area (Å²) in [6, 6.07) is 12.1.